The van der Waals surface area contributed by atoms with E-state index in [0.717, 1.165) is 22.1 Å². The molecule has 1 fully saturated rings. The van der Waals surface area contributed by atoms with E-state index in [4.69, 9.17) is 18.9 Å². The first-order valence-electron chi connectivity index (χ1n) is 10.3. The van der Waals surface area contributed by atoms with Gasteiger partial charge >= 0.3 is 5.97 Å². The zero-order valence-corrected chi connectivity index (χ0v) is 17.6. The van der Waals surface area contributed by atoms with Crippen molar-refractivity contribution in [2.75, 3.05) is 13.2 Å². The van der Waals surface area contributed by atoms with E-state index in [1.54, 1.807) is 6.07 Å². The largest absolute Gasteiger partial charge is 0.490 e. The van der Waals surface area contributed by atoms with E-state index in [-0.39, 0.29) is 11.7 Å². The Morgan fingerprint density at radius 3 is 2.65 bits per heavy atom. The maximum absolute atomic E-state index is 12.3. The maximum atomic E-state index is 12.3. The third-order valence-corrected chi connectivity index (χ3v) is 6.07. The maximum Gasteiger partial charge on any atom is 0.336 e. The molecule has 0 bridgehead atoms. The number of hydrogen-bond donors (Lipinski definition) is 1. The standard InChI is InChI=1S/C25H23NO5/c1-13-8-9-21(30-15(3)16-11-29-12-16)22-18(25(27)28)10-19(26-23(13)22)24-14(2)17-6-4-5-7-20(17)31-24/h4-10,15-16H,11-12H2,1-3H3,(H,27,28). The molecule has 0 saturated carbocycles. The summed E-state index contributed by atoms with van der Waals surface area (Å²) in [7, 11) is 0. The fraction of sp³-hybridized carbons (Fsp3) is 0.280. The number of nitrogens with zero attached hydrogens (tertiary/aromatic N) is 1. The number of hydrogen-bond acceptors (Lipinski definition) is 5. The van der Waals surface area contributed by atoms with Crippen molar-refractivity contribution in [3.05, 3.63) is 59.2 Å². The molecule has 1 N–H and O–H groups in total. The summed E-state index contributed by atoms with van der Waals surface area (Å²) in [6.45, 7) is 7.18. The van der Waals surface area contributed by atoms with Crippen LogP contribution in [0.3, 0.4) is 0 Å². The van der Waals surface area contributed by atoms with Crippen LogP contribution in [0.25, 0.3) is 33.3 Å². The van der Waals surface area contributed by atoms with Crippen LogP contribution in [0.15, 0.2) is 46.9 Å². The molecule has 1 aliphatic heterocycles. The first kappa shape index (κ1) is 19.6. The first-order chi connectivity index (χ1) is 14.9. The average Bonchev–Trinajstić information content (AvgIpc) is 3.05. The fourth-order valence-corrected chi connectivity index (χ4v) is 4.07. The number of carboxylic acids is 1. The van der Waals surface area contributed by atoms with Crippen LogP contribution in [0, 0.1) is 19.8 Å². The molecule has 0 radical (unpaired) electrons. The van der Waals surface area contributed by atoms with Crippen LogP contribution in [0.4, 0.5) is 0 Å². The molecule has 2 aromatic heterocycles. The summed E-state index contributed by atoms with van der Waals surface area (Å²) in [6.07, 6.45) is -0.0846. The quantitative estimate of drug-likeness (QED) is 0.470. The van der Waals surface area contributed by atoms with Crippen molar-refractivity contribution in [2.45, 2.75) is 26.9 Å². The third-order valence-electron chi connectivity index (χ3n) is 6.07. The molecule has 158 valence electrons. The van der Waals surface area contributed by atoms with Crippen LogP contribution in [0.1, 0.15) is 28.4 Å². The lowest BCUT2D eigenvalue weighted by atomic mass is 10.00. The van der Waals surface area contributed by atoms with E-state index >= 15 is 0 Å². The molecular weight excluding hydrogens is 394 g/mol. The number of rotatable bonds is 5. The van der Waals surface area contributed by atoms with Gasteiger partial charge < -0.3 is 19.0 Å². The summed E-state index contributed by atoms with van der Waals surface area (Å²) in [5.74, 6) is 0.377. The van der Waals surface area contributed by atoms with Gasteiger partial charge in [0.25, 0.3) is 0 Å². The van der Waals surface area contributed by atoms with E-state index in [2.05, 4.69) is 0 Å². The van der Waals surface area contributed by atoms with Gasteiger partial charge in [-0.25, -0.2) is 9.78 Å². The van der Waals surface area contributed by atoms with Gasteiger partial charge in [-0.3, -0.25) is 0 Å². The highest BCUT2D eigenvalue weighted by molar-refractivity contribution is 6.07. The lowest BCUT2D eigenvalue weighted by molar-refractivity contribution is -0.0774. The number of para-hydroxylation sites is 1. The Kier molecular flexibility index (Phi) is 4.67. The van der Waals surface area contributed by atoms with Crippen LogP contribution in [0.5, 0.6) is 5.75 Å². The number of fused-ring (bicyclic) bond motifs is 2. The van der Waals surface area contributed by atoms with Crippen LogP contribution < -0.4 is 4.74 Å². The molecule has 0 aliphatic carbocycles. The van der Waals surface area contributed by atoms with Gasteiger partial charge in [-0.15, -0.1) is 0 Å². The van der Waals surface area contributed by atoms with Crippen molar-refractivity contribution in [1.29, 1.82) is 0 Å². The summed E-state index contributed by atoms with van der Waals surface area (Å²) in [4.78, 5) is 17.1. The lowest BCUT2D eigenvalue weighted by Gasteiger charge is -2.32. The molecule has 5 rings (SSSR count). The molecule has 3 heterocycles. The van der Waals surface area contributed by atoms with Gasteiger partial charge in [0.1, 0.15) is 23.1 Å². The van der Waals surface area contributed by atoms with Gasteiger partial charge in [-0.1, -0.05) is 24.3 Å². The molecule has 2 aromatic carbocycles. The summed E-state index contributed by atoms with van der Waals surface area (Å²) < 4.78 is 17.5. The van der Waals surface area contributed by atoms with E-state index in [9.17, 15) is 9.90 Å². The van der Waals surface area contributed by atoms with E-state index < -0.39 is 5.97 Å². The van der Waals surface area contributed by atoms with Gasteiger partial charge in [0.15, 0.2) is 5.76 Å². The third kappa shape index (κ3) is 3.24. The van der Waals surface area contributed by atoms with Crippen LogP contribution in [0.2, 0.25) is 0 Å². The van der Waals surface area contributed by atoms with Gasteiger partial charge in [0.2, 0.25) is 0 Å². The smallest absolute Gasteiger partial charge is 0.336 e. The number of benzene rings is 2. The molecule has 1 aliphatic rings. The highest BCUT2D eigenvalue weighted by Gasteiger charge is 2.28. The zero-order valence-electron chi connectivity index (χ0n) is 17.6. The molecular formula is C25H23NO5. The molecule has 1 saturated heterocycles. The summed E-state index contributed by atoms with van der Waals surface area (Å²) in [5, 5.41) is 11.5. The molecule has 6 nitrogen and oxygen atoms in total. The summed E-state index contributed by atoms with van der Waals surface area (Å²) in [6, 6.07) is 13.1. The minimum atomic E-state index is -1.03. The van der Waals surface area contributed by atoms with Crippen molar-refractivity contribution in [2.24, 2.45) is 5.92 Å². The monoisotopic (exact) mass is 417 g/mol. The number of aromatic carboxylic acids is 1. The second-order valence-electron chi connectivity index (χ2n) is 8.14. The number of aromatic nitrogens is 1. The minimum Gasteiger partial charge on any atom is -0.490 e. The van der Waals surface area contributed by atoms with Gasteiger partial charge in [0.05, 0.1) is 29.7 Å². The Bertz CT molecular complexity index is 1320. The Labute approximate surface area is 179 Å². The Hall–Kier alpha value is -3.38. The molecule has 1 atom stereocenters. The van der Waals surface area contributed by atoms with Crippen LogP contribution in [-0.2, 0) is 4.74 Å². The number of aryl methyl sites for hydroxylation is 2. The van der Waals surface area contributed by atoms with E-state index in [1.165, 1.54) is 0 Å². The van der Waals surface area contributed by atoms with Crippen molar-refractivity contribution < 1.29 is 23.8 Å². The van der Waals surface area contributed by atoms with Crippen molar-refractivity contribution in [3.8, 4) is 17.2 Å². The Balaban J connectivity index is 1.71. The molecule has 0 spiro atoms. The van der Waals surface area contributed by atoms with E-state index in [1.807, 2.05) is 57.2 Å². The van der Waals surface area contributed by atoms with Gasteiger partial charge in [-0.05, 0) is 44.5 Å². The second-order valence-corrected chi connectivity index (χ2v) is 8.14. The molecule has 6 heteroatoms. The normalized spacial score (nSPS) is 15.2. The number of ether oxygens (including phenoxy) is 2. The number of furan rings is 1. The minimum absolute atomic E-state index is 0.0846. The lowest BCUT2D eigenvalue weighted by Crippen LogP contribution is -2.39. The highest BCUT2D eigenvalue weighted by Crippen LogP contribution is 2.38. The second kappa shape index (κ2) is 7.39. The zero-order chi connectivity index (χ0) is 21.7. The molecule has 31 heavy (non-hydrogen) atoms. The van der Waals surface area contributed by atoms with Crippen molar-refractivity contribution >= 4 is 27.8 Å². The SMILES string of the molecule is Cc1c(-c2cc(C(=O)O)c3c(OC(C)C4COC4)ccc(C)c3n2)oc2ccccc12. The predicted octanol–water partition coefficient (Wildman–Crippen LogP) is 5.38. The number of carbonyl (C=O) groups is 1. The van der Waals surface area contributed by atoms with Crippen molar-refractivity contribution in [3.63, 3.8) is 0 Å². The highest BCUT2D eigenvalue weighted by atomic mass is 16.5. The van der Waals surface area contributed by atoms with Gasteiger partial charge in [0, 0.05) is 16.9 Å². The Morgan fingerprint density at radius 2 is 1.97 bits per heavy atom. The summed E-state index contributed by atoms with van der Waals surface area (Å²) >= 11 is 0. The van der Waals surface area contributed by atoms with E-state index in [0.29, 0.717) is 47.2 Å². The first-order valence-corrected chi connectivity index (χ1v) is 10.3. The predicted molar refractivity (Wildman–Crippen MR) is 118 cm³/mol. The number of carboxylic acid groups (broad SMARTS) is 1. The molecule has 0 amide bonds. The fourth-order valence-electron chi connectivity index (χ4n) is 4.07. The van der Waals surface area contributed by atoms with Crippen molar-refractivity contribution in [1.82, 2.24) is 4.98 Å². The average molecular weight is 417 g/mol. The van der Waals surface area contributed by atoms with Crippen LogP contribution in [-0.4, -0.2) is 35.4 Å². The molecule has 1 unspecified atom stereocenters. The number of pyridine rings is 1. The Morgan fingerprint density at radius 1 is 1.19 bits per heavy atom. The summed E-state index contributed by atoms with van der Waals surface area (Å²) in [5.41, 5.74) is 3.81. The van der Waals surface area contributed by atoms with Gasteiger partial charge in [-0.2, -0.15) is 0 Å². The molecule has 4 aromatic rings. The van der Waals surface area contributed by atoms with Crippen LogP contribution >= 0.6 is 0 Å². The topological polar surface area (TPSA) is 81.8 Å².